The number of nitrogens with zero attached hydrogens (tertiary/aromatic N) is 1. The number of nitrogens with one attached hydrogen (secondary N) is 1. The number of ether oxygens (including phenoxy) is 1. The highest BCUT2D eigenvalue weighted by atomic mass is 35.5. The van der Waals surface area contributed by atoms with E-state index in [0.29, 0.717) is 21.9 Å². The number of benzene rings is 3. The van der Waals surface area contributed by atoms with Crippen molar-refractivity contribution in [2.24, 2.45) is 5.10 Å². The predicted octanol–water partition coefficient (Wildman–Crippen LogP) is 4.63. The molecule has 0 aliphatic carbocycles. The van der Waals surface area contributed by atoms with Gasteiger partial charge in [-0.05, 0) is 61.0 Å². The zero-order chi connectivity index (χ0) is 19.9. The summed E-state index contributed by atoms with van der Waals surface area (Å²) in [5.41, 5.74) is 5.06. The van der Waals surface area contributed by atoms with E-state index in [9.17, 15) is 9.59 Å². The van der Waals surface area contributed by atoms with Gasteiger partial charge in [0.2, 0.25) is 0 Å². The van der Waals surface area contributed by atoms with E-state index in [4.69, 9.17) is 16.3 Å². The second-order valence-electron chi connectivity index (χ2n) is 6.01. The van der Waals surface area contributed by atoms with Crippen LogP contribution in [0.2, 0.25) is 5.02 Å². The van der Waals surface area contributed by atoms with Crippen molar-refractivity contribution in [3.63, 3.8) is 0 Å². The third-order valence-corrected chi connectivity index (χ3v) is 4.17. The Labute approximate surface area is 167 Å². The maximum absolute atomic E-state index is 12.1. The molecule has 0 aliphatic rings. The summed E-state index contributed by atoms with van der Waals surface area (Å²) in [7, 11) is 0. The predicted molar refractivity (Wildman–Crippen MR) is 109 cm³/mol. The molecule has 1 N–H and O–H groups in total. The van der Waals surface area contributed by atoms with Crippen LogP contribution in [0.15, 0.2) is 77.9 Å². The van der Waals surface area contributed by atoms with Crippen LogP contribution in [0, 0.1) is 6.92 Å². The van der Waals surface area contributed by atoms with Crippen LogP contribution in [0.4, 0.5) is 0 Å². The zero-order valence-corrected chi connectivity index (χ0v) is 15.8. The molecule has 0 bridgehead atoms. The molecule has 0 saturated heterocycles. The lowest BCUT2D eigenvalue weighted by Crippen LogP contribution is -2.17. The Morgan fingerprint density at radius 3 is 2.46 bits per heavy atom. The van der Waals surface area contributed by atoms with E-state index in [-0.39, 0.29) is 5.91 Å². The van der Waals surface area contributed by atoms with Crippen LogP contribution in [0.5, 0.6) is 5.75 Å². The van der Waals surface area contributed by atoms with Crippen molar-refractivity contribution in [3.05, 3.63) is 100 Å². The Bertz CT molecular complexity index is 1030. The van der Waals surface area contributed by atoms with Crippen molar-refractivity contribution in [2.75, 3.05) is 0 Å². The highest BCUT2D eigenvalue weighted by Gasteiger charge is 2.12. The highest BCUT2D eigenvalue weighted by molar-refractivity contribution is 6.33. The first-order valence-corrected chi connectivity index (χ1v) is 8.87. The van der Waals surface area contributed by atoms with Crippen molar-refractivity contribution >= 4 is 29.7 Å². The van der Waals surface area contributed by atoms with E-state index in [2.05, 4.69) is 10.5 Å². The molecule has 1 amide bonds. The fraction of sp³-hybridized carbons (Fsp3) is 0.0455. The molecule has 0 atom stereocenters. The minimum Gasteiger partial charge on any atom is -0.423 e. The number of carbonyl (C=O) groups is 2. The molecule has 0 unspecified atom stereocenters. The largest absolute Gasteiger partial charge is 0.423 e. The lowest BCUT2D eigenvalue weighted by atomic mass is 10.1. The Kier molecular flexibility index (Phi) is 6.19. The molecule has 28 heavy (non-hydrogen) atoms. The quantitative estimate of drug-likeness (QED) is 0.298. The van der Waals surface area contributed by atoms with Gasteiger partial charge in [-0.1, -0.05) is 41.4 Å². The molecule has 5 nitrogen and oxygen atoms in total. The molecule has 0 aromatic heterocycles. The second-order valence-corrected chi connectivity index (χ2v) is 6.41. The van der Waals surface area contributed by atoms with Crippen molar-refractivity contribution in [2.45, 2.75) is 6.92 Å². The van der Waals surface area contributed by atoms with Gasteiger partial charge in [0, 0.05) is 5.56 Å². The van der Waals surface area contributed by atoms with Crippen LogP contribution >= 0.6 is 11.6 Å². The summed E-state index contributed by atoms with van der Waals surface area (Å²) in [6.07, 6.45) is 1.51. The van der Waals surface area contributed by atoms with Crippen LogP contribution in [0.25, 0.3) is 0 Å². The Hall–Kier alpha value is -3.44. The molecule has 6 heteroatoms. The maximum Gasteiger partial charge on any atom is 0.345 e. The van der Waals surface area contributed by atoms with Crippen LogP contribution < -0.4 is 10.2 Å². The molecule has 3 aromatic carbocycles. The summed E-state index contributed by atoms with van der Waals surface area (Å²) in [4.78, 5) is 24.2. The average Bonchev–Trinajstić information content (AvgIpc) is 2.69. The summed E-state index contributed by atoms with van der Waals surface area (Å²) in [6, 6.07) is 20.6. The van der Waals surface area contributed by atoms with Gasteiger partial charge in [0.1, 0.15) is 5.75 Å². The van der Waals surface area contributed by atoms with Crippen LogP contribution in [0.1, 0.15) is 31.8 Å². The maximum atomic E-state index is 12.1. The van der Waals surface area contributed by atoms with Crippen molar-refractivity contribution < 1.29 is 14.3 Å². The van der Waals surface area contributed by atoms with E-state index in [1.165, 1.54) is 6.21 Å². The lowest BCUT2D eigenvalue weighted by molar-refractivity contribution is 0.0734. The number of carbonyl (C=O) groups excluding carboxylic acids is 2. The first-order chi connectivity index (χ1) is 13.5. The minimum atomic E-state index is -0.530. The third kappa shape index (κ3) is 5.05. The van der Waals surface area contributed by atoms with Gasteiger partial charge in [0.05, 0.1) is 16.8 Å². The SMILES string of the molecule is Cc1cccc(C(=O)N/N=C\c2ccc(OC(=O)c3ccccc3Cl)cc2)c1. The van der Waals surface area contributed by atoms with E-state index in [0.717, 1.165) is 11.1 Å². The van der Waals surface area contributed by atoms with E-state index in [1.807, 2.05) is 19.1 Å². The van der Waals surface area contributed by atoms with Gasteiger partial charge in [-0.15, -0.1) is 0 Å². The van der Waals surface area contributed by atoms with Crippen molar-refractivity contribution in [3.8, 4) is 5.75 Å². The number of hydrogen-bond donors (Lipinski definition) is 1. The van der Waals surface area contributed by atoms with Gasteiger partial charge >= 0.3 is 5.97 Å². The zero-order valence-electron chi connectivity index (χ0n) is 15.1. The van der Waals surface area contributed by atoms with Gasteiger partial charge < -0.3 is 4.74 Å². The molecule has 140 valence electrons. The van der Waals surface area contributed by atoms with E-state index < -0.39 is 5.97 Å². The number of amides is 1. The van der Waals surface area contributed by atoms with Gasteiger partial charge in [0.25, 0.3) is 5.91 Å². The molecule has 0 radical (unpaired) electrons. The summed E-state index contributed by atoms with van der Waals surface area (Å²) in [6.45, 7) is 1.92. The molecule has 3 rings (SSSR count). The molecule has 0 fully saturated rings. The van der Waals surface area contributed by atoms with E-state index >= 15 is 0 Å². The lowest BCUT2D eigenvalue weighted by Gasteiger charge is -2.06. The molecule has 0 saturated carbocycles. The highest BCUT2D eigenvalue weighted by Crippen LogP contribution is 2.18. The average molecular weight is 393 g/mol. The summed E-state index contributed by atoms with van der Waals surface area (Å²) >= 11 is 5.99. The first-order valence-electron chi connectivity index (χ1n) is 8.50. The second kappa shape index (κ2) is 8.97. The summed E-state index contributed by atoms with van der Waals surface area (Å²) < 4.78 is 5.31. The third-order valence-electron chi connectivity index (χ3n) is 3.84. The molecule has 0 aliphatic heterocycles. The minimum absolute atomic E-state index is 0.287. The van der Waals surface area contributed by atoms with Gasteiger partial charge in [-0.2, -0.15) is 5.10 Å². The molecule has 0 spiro atoms. The number of rotatable bonds is 5. The first kappa shape index (κ1) is 19.3. The van der Waals surface area contributed by atoms with E-state index in [1.54, 1.807) is 60.7 Å². The standard InChI is InChI=1S/C22H17ClN2O3/c1-15-5-4-6-17(13-15)21(26)25-24-14-16-9-11-18(12-10-16)28-22(27)19-7-2-3-8-20(19)23/h2-14H,1H3,(H,25,26)/b24-14-. The number of halogens is 1. The Balaban J connectivity index is 1.58. The molecular weight excluding hydrogens is 376 g/mol. The van der Waals surface area contributed by atoms with Crippen molar-refractivity contribution in [1.82, 2.24) is 5.43 Å². The molecular formula is C22H17ClN2O3. The Morgan fingerprint density at radius 2 is 1.75 bits per heavy atom. The summed E-state index contributed by atoms with van der Waals surface area (Å²) in [5, 5.41) is 4.28. The fourth-order valence-corrected chi connectivity index (χ4v) is 2.64. The normalized spacial score (nSPS) is 10.6. The van der Waals surface area contributed by atoms with Crippen LogP contribution in [-0.2, 0) is 0 Å². The molecule has 3 aromatic rings. The molecule has 0 heterocycles. The topological polar surface area (TPSA) is 67.8 Å². The fourth-order valence-electron chi connectivity index (χ4n) is 2.43. The van der Waals surface area contributed by atoms with Gasteiger partial charge in [0.15, 0.2) is 0 Å². The van der Waals surface area contributed by atoms with Crippen LogP contribution in [0.3, 0.4) is 0 Å². The number of aryl methyl sites for hydroxylation is 1. The van der Waals surface area contributed by atoms with Crippen molar-refractivity contribution in [1.29, 1.82) is 0 Å². The summed E-state index contributed by atoms with van der Waals surface area (Å²) in [5.74, 6) is -0.437. The van der Waals surface area contributed by atoms with Gasteiger partial charge in [-0.25, -0.2) is 10.2 Å². The Morgan fingerprint density at radius 1 is 1.00 bits per heavy atom. The number of hydrazone groups is 1. The number of hydrogen-bond acceptors (Lipinski definition) is 4. The monoisotopic (exact) mass is 392 g/mol. The van der Waals surface area contributed by atoms with Gasteiger partial charge in [-0.3, -0.25) is 4.79 Å². The number of esters is 1. The van der Waals surface area contributed by atoms with Crippen LogP contribution in [-0.4, -0.2) is 18.1 Å². The smallest absolute Gasteiger partial charge is 0.345 e.